The summed E-state index contributed by atoms with van der Waals surface area (Å²) in [7, 11) is 0. The van der Waals surface area contributed by atoms with Gasteiger partial charge in [0.05, 0.1) is 10.7 Å². The third-order valence-electron chi connectivity index (χ3n) is 4.61. The molecule has 0 saturated heterocycles. The van der Waals surface area contributed by atoms with Gasteiger partial charge in [0.1, 0.15) is 11.6 Å². The van der Waals surface area contributed by atoms with E-state index in [1.165, 1.54) is 11.6 Å². The Morgan fingerprint density at radius 2 is 1.76 bits per heavy atom. The molecule has 1 amide bonds. The van der Waals surface area contributed by atoms with Crippen LogP contribution in [0.25, 0.3) is 11.8 Å². The molecule has 0 saturated carbocycles. The van der Waals surface area contributed by atoms with Crippen molar-refractivity contribution in [3.8, 4) is 11.8 Å². The first-order chi connectivity index (χ1) is 13.8. The van der Waals surface area contributed by atoms with Crippen LogP contribution in [0, 0.1) is 32.1 Å². The van der Waals surface area contributed by atoms with Gasteiger partial charge in [-0.1, -0.05) is 40.9 Å². The summed E-state index contributed by atoms with van der Waals surface area (Å²) in [6.45, 7) is 5.99. The highest BCUT2D eigenvalue weighted by Gasteiger charge is 2.15. The van der Waals surface area contributed by atoms with Crippen LogP contribution in [0.3, 0.4) is 0 Å². The number of hydrogen-bond donors (Lipinski definition) is 1. The minimum absolute atomic E-state index is 0.0137. The monoisotopic (exact) mass is 423 g/mol. The molecule has 29 heavy (non-hydrogen) atoms. The Hall–Kier alpha value is -3.00. The molecule has 1 N–H and O–H groups in total. The van der Waals surface area contributed by atoms with Gasteiger partial charge in [-0.05, 0) is 68.8 Å². The highest BCUT2D eigenvalue weighted by Crippen LogP contribution is 2.27. The Kier molecular flexibility index (Phi) is 6.12. The summed E-state index contributed by atoms with van der Waals surface area (Å²) in [5.41, 5.74) is 5.35. The first kappa shape index (κ1) is 20.7. The van der Waals surface area contributed by atoms with E-state index in [1.54, 1.807) is 18.2 Å². The first-order valence-corrected chi connectivity index (χ1v) is 9.70. The van der Waals surface area contributed by atoms with Gasteiger partial charge in [-0.15, -0.1) is 0 Å². The van der Waals surface area contributed by atoms with Gasteiger partial charge in [0.15, 0.2) is 0 Å². The summed E-state index contributed by atoms with van der Waals surface area (Å²) in [5, 5.41) is 13.0. The van der Waals surface area contributed by atoms with Crippen LogP contribution in [0.4, 0.5) is 5.69 Å². The Labute approximate surface area is 180 Å². The van der Waals surface area contributed by atoms with E-state index in [2.05, 4.69) is 9.88 Å². The zero-order chi connectivity index (χ0) is 21.1. The van der Waals surface area contributed by atoms with E-state index in [1.807, 2.05) is 57.2 Å². The molecule has 2 aromatic carbocycles. The van der Waals surface area contributed by atoms with E-state index in [-0.39, 0.29) is 5.57 Å². The fourth-order valence-electron chi connectivity index (χ4n) is 3.11. The molecule has 0 atom stereocenters. The van der Waals surface area contributed by atoms with Crippen molar-refractivity contribution in [3.05, 3.63) is 86.7 Å². The van der Waals surface area contributed by atoms with Crippen molar-refractivity contribution in [1.29, 1.82) is 5.26 Å². The lowest BCUT2D eigenvalue weighted by Gasteiger charge is -2.10. The maximum absolute atomic E-state index is 12.6. The minimum atomic E-state index is -0.531. The maximum Gasteiger partial charge on any atom is 0.266 e. The summed E-state index contributed by atoms with van der Waals surface area (Å²) in [5.74, 6) is -0.531. The molecular weight excluding hydrogens is 405 g/mol. The number of carbonyl (C=O) groups excluding carboxylic acids is 1. The van der Waals surface area contributed by atoms with Gasteiger partial charge in [0, 0.05) is 22.1 Å². The predicted molar refractivity (Wildman–Crippen MR) is 119 cm³/mol. The lowest BCUT2D eigenvalue weighted by molar-refractivity contribution is -0.112. The quantitative estimate of drug-likeness (QED) is 0.397. The van der Waals surface area contributed by atoms with Gasteiger partial charge in [0.25, 0.3) is 5.91 Å². The predicted octanol–water partition coefficient (Wildman–Crippen LogP) is 6.26. The number of rotatable bonds is 4. The SMILES string of the molecule is Cc1ccc(-n2c(C)cc(/C=C(/C#N)C(=O)Nc3ccc(Cl)cc3Cl)c2C)cc1. The van der Waals surface area contributed by atoms with Crippen LogP contribution in [-0.4, -0.2) is 10.5 Å². The highest BCUT2D eigenvalue weighted by atomic mass is 35.5. The molecule has 0 bridgehead atoms. The average Bonchev–Trinajstić information content (AvgIpc) is 2.96. The highest BCUT2D eigenvalue weighted by molar-refractivity contribution is 6.36. The van der Waals surface area contributed by atoms with Crippen LogP contribution in [-0.2, 0) is 4.79 Å². The van der Waals surface area contributed by atoms with Crippen LogP contribution in [0.2, 0.25) is 10.0 Å². The molecule has 0 unspecified atom stereocenters. The van der Waals surface area contributed by atoms with Crippen molar-refractivity contribution in [3.63, 3.8) is 0 Å². The molecule has 6 heteroatoms. The fourth-order valence-corrected chi connectivity index (χ4v) is 3.57. The van der Waals surface area contributed by atoms with E-state index >= 15 is 0 Å². The maximum atomic E-state index is 12.6. The first-order valence-electron chi connectivity index (χ1n) is 8.94. The van der Waals surface area contributed by atoms with E-state index in [9.17, 15) is 10.1 Å². The van der Waals surface area contributed by atoms with Crippen molar-refractivity contribution in [2.45, 2.75) is 20.8 Å². The van der Waals surface area contributed by atoms with Gasteiger partial charge in [0.2, 0.25) is 0 Å². The smallest absolute Gasteiger partial charge is 0.266 e. The van der Waals surface area contributed by atoms with E-state index in [0.29, 0.717) is 15.7 Å². The Morgan fingerprint density at radius 3 is 2.38 bits per heavy atom. The zero-order valence-electron chi connectivity index (χ0n) is 16.3. The number of carbonyl (C=O) groups is 1. The number of nitrogens with zero attached hydrogens (tertiary/aromatic N) is 2. The second kappa shape index (κ2) is 8.57. The third-order valence-corrected chi connectivity index (χ3v) is 5.15. The Morgan fingerprint density at radius 1 is 1.07 bits per heavy atom. The number of benzene rings is 2. The normalized spacial score (nSPS) is 11.2. The van der Waals surface area contributed by atoms with Crippen LogP contribution in [0.5, 0.6) is 0 Å². The van der Waals surface area contributed by atoms with Crippen LogP contribution < -0.4 is 5.32 Å². The number of aryl methyl sites for hydroxylation is 2. The number of halogens is 2. The molecule has 1 aromatic heterocycles. The van der Waals surface area contributed by atoms with Crippen molar-refractivity contribution in [2.75, 3.05) is 5.32 Å². The molecule has 3 rings (SSSR count). The molecule has 0 aliphatic heterocycles. The van der Waals surface area contributed by atoms with Gasteiger partial charge in [-0.3, -0.25) is 4.79 Å². The molecule has 0 radical (unpaired) electrons. The topological polar surface area (TPSA) is 57.8 Å². The van der Waals surface area contributed by atoms with E-state index < -0.39 is 5.91 Å². The molecule has 0 spiro atoms. The van der Waals surface area contributed by atoms with Crippen molar-refractivity contribution in [1.82, 2.24) is 4.57 Å². The molecule has 146 valence electrons. The zero-order valence-corrected chi connectivity index (χ0v) is 17.8. The molecule has 0 aliphatic rings. The minimum Gasteiger partial charge on any atom is -0.320 e. The lowest BCUT2D eigenvalue weighted by Crippen LogP contribution is -2.13. The summed E-state index contributed by atoms with van der Waals surface area (Å²) in [6, 6.07) is 16.9. The van der Waals surface area contributed by atoms with Gasteiger partial charge in [-0.25, -0.2) is 0 Å². The number of amides is 1. The fraction of sp³-hybridized carbons (Fsp3) is 0.130. The Bertz CT molecular complexity index is 1150. The second-order valence-corrected chi connectivity index (χ2v) is 7.59. The van der Waals surface area contributed by atoms with Crippen molar-refractivity contribution in [2.24, 2.45) is 0 Å². The van der Waals surface area contributed by atoms with Gasteiger partial charge < -0.3 is 9.88 Å². The van der Waals surface area contributed by atoms with Gasteiger partial charge >= 0.3 is 0 Å². The van der Waals surface area contributed by atoms with Crippen molar-refractivity contribution < 1.29 is 4.79 Å². The standard InChI is InChI=1S/C23H19Cl2N3O/c1-14-4-7-20(8-5-14)28-15(2)10-17(16(28)3)11-18(13-26)23(29)27-22-9-6-19(24)12-21(22)25/h4-12H,1-3H3,(H,27,29)/b18-11-. The molecule has 0 aliphatic carbocycles. The number of anilines is 1. The number of aromatic nitrogens is 1. The van der Waals surface area contributed by atoms with Crippen molar-refractivity contribution >= 4 is 40.9 Å². The largest absolute Gasteiger partial charge is 0.320 e. The average molecular weight is 424 g/mol. The lowest BCUT2D eigenvalue weighted by atomic mass is 10.1. The Balaban J connectivity index is 1.93. The molecular formula is C23H19Cl2N3O. The molecule has 0 fully saturated rings. The number of nitriles is 1. The molecule has 1 heterocycles. The summed E-state index contributed by atoms with van der Waals surface area (Å²) in [4.78, 5) is 12.6. The van der Waals surface area contributed by atoms with E-state index in [0.717, 1.165) is 22.6 Å². The summed E-state index contributed by atoms with van der Waals surface area (Å²) >= 11 is 12.0. The molecule has 3 aromatic rings. The third kappa shape index (κ3) is 4.54. The van der Waals surface area contributed by atoms with Crippen LogP contribution in [0.1, 0.15) is 22.5 Å². The summed E-state index contributed by atoms with van der Waals surface area (Å²) < 4.78 is 2.09. The van der Waals surface area contributed by atoms with Crippen LogP contribution in [0.15, 0.2) is 54.1 Å². The summed E-state index contributed by atoms with van der Waals surface area (Å²) in [6.07, 6.45) is 1.59. The van der Waals surface area contributed by atoms with E-state index in [4.69, 9.17) is 23.2 Å². The second-order valence-electron chi connectivity index (χ2n) is 6.75. The molecule has 4 nitrogen and oxygen atoms in total. The number of nitrogens with one attached hydrogen (secondary N) is 1. The number of hydrogen-bond acceptors (Lipinski definition) is 2. The van der Waals surface area contributed by atoms with Gasteiger partial charge in [-0.2, -0.15) is 5.26 Å². The van der Waals surface area contributed by atoms with Crippen LogP contribution >= 0.6 is 23.2 Å².